The molecular weight excluding hydrogens is 238 g/mol. The minimum atomic E-state index is -0.595. The largest absolute Gasteiger partial charge is 0.388 e. The topological polar surface area (TPSA) is 32.7 Å². The molecule has 0 amide bonds. The molecule has 1 aromatic rings. The van der Waals surface area contributed by atoms with Crippen LogP contribution in [0.3, 0.4) is 0 Å². The molecule has 3 nitrogen and oxygen atoms in total. The van der Waals surface area contributed by atoms with Crippen LogP contribution in [0, 0.1) is 0 Å². The highest BCUT2D eigenvalue weighted by Gasteiger charge is 2.36. The molecule has 0 bridgehead atoms. The number of aliphatic hydroxyl groups is 1. The van der Waals surface area contributed by atoms with Crippen molar-refractivity contribution in [3.05, 3.63) is 35.4 Å². The van der Waals surface area contributed by atoms with Crippen molar-refractivity contribution < 1.29 is 9.84 Å². The average molecular weight is 261 g/mol. The Labute approximate surface area is 115 Å². The summed E-state index contributed by atoms with van der Waals surface area (Å²) in [6.07, 6.45) is 3.72. The summed E-state index contributed by atoms with van der Waals surface area (Å²) in [4.78, 5) is 2.22. The molecule has 0 saturated carbocycles. The molecule has 2 aliphatic heterocycles. The van der Waals surface area contributed by atoms with Gasteiger partial charge in [0.1, 0.15) is 0 Å². The van der Waals surface area contributed by atoms with Crippen molar-refractivity contribution in [2.45, 2.75) is 37.4 Å². The van der Waals surface area contributed by atoms with E-state index in [9.17, 15) is 5.11 Å². The lowest BCUT2D eigenvalue weighted by atomic mass is 9.84. The summed E-state index contributed by atoms with van der Waals surface area (Å²) >= 11 is 0. The van der Waals surface area contributed by atoms with Gasteiger partial charge in [-0.05, 0) is 44.0 Å². The Morgan fingerprint density at radius 1 is 1.42 bits per heavy atom. The SMILES string of the molecule is CN1CCCC(O)(CC2OCCc3ccccc32)C1. The van der Waals surface area contributed by atoms with Crippen LogP contribution in [-0.4, -0.2) is 42.4 Å². The number of benzene rings is 1. The standard InChI is InChI=1S/C16H23NO2/c1-17-9-4-8-16(18,12-17)11-15-14-6-3-2-5-13(14)7-10-19-15/h2-3,5-6,15,18H,4,7-12H2,1H3. The van der Waals surface area contributed by atoms with Crippen molar-refractivity contribution in [2.75, 3.05) is 26.7 Å². The summed E-state index contributed by atoms with van der Waals surface area (Å²) in [5, 5.41) is 10.8. The second kappa shape index (κ2) is 5.23. The van der Waals surface area contributed by atoms with Crippen LogP contribution in [0.5, 0.6) is 0 Å². The van der Waals surface area contributed by atoms with Gasteiger partial charge in [0.15, 0.2) is 0 Å². The monoisotopic (exact) mass is 261 g/mol. The number of piperidine rings is 1. The van der Waals surface area contributed by atoms with Crippen molar-refractivity contribution in [3.63, 3.8) is 0 Å². The van der Waals surface area contributed by atoms with Gasteiger partial charge in [-0.1, -0.05) is 24.3 Å². The third kappa shape index (κ3) is 2.83. The molecule has 3 rings (SSSR count). The van der Waals surface area contributed by atoms with E-state index in [1.54, 1.807) is 0 Å². The molecule has 1 saturated heterocycles. The molecule has 2 aliphatic rings. The molecule has 0 radical (unpaired) electrons. The predicted molar refractivity (Wildman–Crippen MR) is 75.1 cm³/mol. The van der Waals surface area contributed by atoms with Gasteiger partial charge in [-0.2, -0.15) is 0 Å². The first kappa shape index (κ1) is 13.1. The number of likely N-dealkylation sites (tertiary alicyclic amines) is 1. The Morgan fingerprint density at radius 3 is 3.11 bits per heavy atom. The molecule has 1 fully saturated rings. The van der Waals surface area contributed by atoms with Crippen molar-refractivity contribution >= 4 is 0 Å². The minimum Gasteiger partial charge on any atom is -0.388 e. The zero-order valence-electron chi connectivity index (χ0n) is 11.6. The van der Waals surface area contributed by atoms with Crippen LogP contribution in [0.4, 0.5) is 0 Å². The molecule has 2 atom stereocenters. The van der Waals surface area contributed by atoms with E-state index in [2.05, 4.69) is 36.2 Å². The Morgan fingerprint density at radius 2 is 2.26 bits per heavy atom. The van der Waals surface area contributed by atoms with Crippen LogP contribution in [-0.2, 0) is 11.2 Å². The quantitative estimate of drug-likeness (QED) is 0.885. The lowest BCUT2D eigenvalue weighted by Crippen LogP contribution is -2.47. The fourth-order valence-electron chi connectivity index (χ4n) is 3.50. The van der Waals surface area contributed by atoms with E-state index in [0.29, 0.717) is 6.42 Å². The Kier molecular flexibility index (Phi) is 3.61. The lowest BCUT2D eigenvalue weighted by Gasteiger charge is -2.40. The maximum Gasteiger partial charge on any atom is 0.0855 e. The molecule has 2 heterocycles. The van der Waals surface area contributed by atoms with Gasteiger partial charge in [-0.15, -0.1) is 0 Å². The van der Waals surface area contributed by atoms with Crippen LogP contribution in [0.1, 0.15) is 36.5 Å². The summed E-state index contributed by atoms with van der Waals surface area (Å²) in [5.41, 5.74) is 2.06. The highest BCUT2D eigenvalue weighted by molar-refractivity contribution is 5.31. The zero-order valence-corrected chi connectivity index (χ0v) is 11.6. The highest BCUT2D eigenvalue weighted by Crippen LogP contribution is 2.36. The molecule has 1 aromatic carbocycles. The van der Waals surface area contributed by atoms with Gasteiger partial charge in [0, 0.05) is 13.0 Å². The summed E-state index contributed by atoms with van der Waals surface area (Å²) in [6.45, 7) is 2.62. The Balaban J connectivity index is 1.77. The third-order valence-electron chi connectivity index (χ3n) is 4.40. The molecule has 2 unspecified atom stereocenters. The van der Waals surface area contributed by atoms with Gasteiger partial charge >= 0.3 is 0 Å². The number of rotatable bonds is 2. The molecule has 1 N–H and O–H groups in total. The van der Waals surface area contributed by atoms with Crippen molar-refractivity contribution in [2.24, 2.45) is 0 Å². The van der Waals surface area contributed by atoms with E-state index in [-0.39, 0.29) is 6.10 Å². The first-order chi connectivity index (χ1) is 9.16. The first-order valence-corrected chi connectivity index (χ1v) is 7.27. The van der Waals surface area contributed by atoms with E-state index >= 15 is 0 Å². The zero-order chi connectivity index (χ0) is 13.3. The van der Waals surface area contributed by atoms with Crippen LogP contribution < -0.4 is 0 Å². The minimum absolute atomic E-state index is 0.0569. The van der Waals surface area contributed by atoms with E-state index in [0.717, 1.165) is 39.0 Å². The van der Waals surface area contributed by atoms with Crippen LogP contribution >= 0.6 is 0 Å². The van der Waals surface area contributed by atoms with Crippen LogP contribution in [0.2, 0.25) is 0 Å². The van der Waals surface area contributed by atoms with Crippen molar-refractivity contribution in [3.8, 4) is 0 Å². The highest BCUT2D eigenvalue weighted by atomic mass is 16.5. The lowest BCUT2D eigenvalue weighted by molar-refractivity contribution is -0.0771. The number of likely N-dealkylation sites (N-methyl/N-ethyl adjacent to an activating group) is 1. The van der Waals surface area contributed by atoms with Gasteiger partial charge < -0.3 is 14.7 Å². The van der Waals surface area contributed by atoms with Crippen LogP contribution in [0.15, 0.2) is 24.3 Å². The number of fused-ring (bicyclic) bond motifs is 1. The van der Waals surface area contributed by atoms with Gasteiger partial charge in [-0.25, -0.2) is 0 Å². The second-order valence-corrected chi connectivity index (χ2v) is 6.08. The van der Waals surface area contributed by atoms with Gasteiger partial charge in [-0.3, -0.25) is 0 Å². The predicted octanol–water partition coefficient (Wildman–Crippen LogP) is 2.15. The maximum absolute atomic E-state index is 10.8. The normalized spacial score (nSPS) is 32.0. The molecular formula is C16H23NO2. The van der Waals surface area contributed by atoms with E-state index in [1.807, 2.05) is 0 Å². The second-order valence-electron chi connectivity index (χ2n) is 6.08. The number of hydrogen-bond donors (Lipinski definition) is 1. The summed E-state index contributed by atoms with van der Waals surface area (Å²) in [7, 11) is 2.08. The van der Waals surface area contributed by atoms with Crippen molar-refractivity contribution in [1.29, 1.82) is 0 Å². The number of nitrogens with zero attached hydrogens (tertiary/aromatic N) is 1. The molecule has 104 valence electrons. The number of hydrogen-bond acceptors (Lipinski definition) is 3. The average Bonchev–Trinajstić information content (AvgIpc) is 2.38. The van der Waals surface area contributed by atoms with Crippen LogP contribution in [0.25, 0.3) is 0 Å². The van der Waals surface area contributed by atoms with Gasteiger partial charge in [0.2, 0.25) is 0 Å². The van der Waals surface area contributed by atoms with Gasteiger partial charge in [0.25, 0.3) is 0 Å². The number of β-amino-alcohol motifs (C(OH)–C–C–N with tert-alkyl or cyclic N) is 1. The molecule has 19 heavy (non-hydrogen) atoms. The molecule has 0 aromatic heterocycles. The van der Waals surface area contributed by atoms with E-state index in [1.165, 1.54) is 11.1 Å². The summed E-state index contributed by atoms with van der Waals surface area (Å²) in [6, 6.07) is 8.48. The molecule has 3 heteroatoms. The van der Waals surface area contributed by atoms with E-state index in [4.69, 9.17) is 4.74 Å². The summed E-state index contributed by atoms with van der Waals surface area (Å²) in [5.74, 6) is 0. The molecule has 0 spiro atoms. The Bertz CT molecular complexity index is 448. The smallest absolute Gasteiger partial charge is 0.0855 e. The Hall–Kier alpha value is -0.900. The fourth-order valence-corrected chi connectivity index (χ4v) is 3.50. The first-order valence-electron chi connectivity index (χ1n) is 7.27. The third-order valence-corrected chi connectivity index (χ3v) is 4.40. The van der Waals surface area contributed by atoms with E-state index < -0.39 is 5.60 Å². The maximum atomic E-state index is 10.8. The van der Waals surface area contributed by atoms with Crippen molar-refractivity contribution in [1.82, 2.24) is 4.90 Å². The molecule has 0 aliphatic carbocycles. The summed E-state index contributed by atoms with van der Waals surface area (Å²) < 4.78 is 5.93. The number of ether oxygens (including phenoxy) is 1. The fraction of sp³-hybridized carbons (Fsp3) is 0.625. The van der Waals surface area contributed by atoms with Gasteiger partial charge in [0.05, 0.1) is 18.3 Å².